The second kappa shape index (κ2) is 9.63. The Morgan fingerprint density at radius 1 is 0.939 bits per heavy atom. The van der Waals surface area contributed by atoms with E-state index in [0.29, 0.717) is 13.1 Å². The third-order valence-corrected chi connectivity index (χ3v) is 6.44. The number of hydrogen-bond acceptors (Lipinski definition) is 4. The Balaban J connectivity index is 1.26. The van der Waals surface area contributed by atoms with Gasteiger partial charge in [0, 0.05) is 25.7 Å². The van der Waals surface area contributed by atoms with Gasteiger partial charge < -0.3 is 14.8 Å². The lowest BCUT2D eigenvalue weighted by atomic mass is 9.88. The second-order valence-corrected chi connectivity index (χ2v) is 8.66. The van der Waals surface area contributed by atoms with Crippen LogP contribution in [0.3, 0.4) is 0 Å². The van der Waals surface area contributed by atoms with Crippen LogP contribution in [0.2, 0.25) is 0 Å². The minimum atomic E-state index is -0.232. The maximum Gasteiger partial charge on any atom is 0.231 e. The molecule has 0 bridgehead atoms. The molecule has 0 aliphatic carbocycles. The van der Waals surface area contributed by atoms with Gasteiger partial charge in [-0.1, -0.05) is 48.5 Å². The molecule has 2 aliphatic heterocycles. The van der Waals surface area contributed by atoms with Crippen LogP contribution in [0.25, 0.3) is 0 Å². The van der Waals surface area contributed by atoms with Crippen molar-refractivity contribution in [2.45, 2.75) is 32.0 Å². The fourth-order valence-electron chi connectivity index (χ4n) is 4.70. The zero-order valence-electron chi connectivity index (χ0n) is 18.4. The summed E-state index contributed by atoms with van der Waals surface area (Å²) in [7, 11) is 0. The summed E-state index contributed by atoms with van der Waals surface area (Å²) < 4.78 is 24.3. The van der Waals surface area contributed by atoms with E-state index in [4.69, 9.17) is 9.47 Å². The third-order valence-electron chi connectivity index (χ3n) is 6.44. The highest BCUT2D eigenvalue weighted by atomic mass is 19.1. The summed E-state index contributed by atoms with van der Waals surface area (Å²) in [6, 6.07) is 22.9. The van der Waals surface area contributed by atoms with Crippen molar-refractivity contribution in [1.29, 1.82) is 0 Å². The van der Waals surface area contributed by atoms with Crippen LogP contribution in [0, 0.1) is 11.7 Å². The molecule has 33 heavy (non-hydrogen) atoms. The van der Waals surface area contributed by atoms with Crippen molar-refractivity contribution < 1.29 is 18.7 Å². The van der Waals surface area contributed by atoms with Gasteiger partial charge in [-0.25, -0.2) is 4.39 Å². The summed E-state index contributed by atoms with van der Waals surface area (Å²) in [6.07, 6.45) is 1.64. The fourth-order valence-corrected chi connectivity index (χ4v) is 4.70. The second-order valence-electron chi connectivity index (χ2n) is 8.66. The molecule has 1 amide bonds. The molecule has 1 saturated heterocycles. The zero-order valence-corrected chi connectivity index (χ0v) is 18.4. The van der Waals surface area contributed by atoms with Crippen molar-refractivity contribution in [3.63, 3.8) is 0 Å². The van der Waals surface area contributed by atoms with E-state index < -0.39 is 0 Å². The predicted octanol–water partition coefficient (Wildman–Crippen LogP) is 4.82. The standard InChI is InChI=1S/C27H27FN2O3/c28-23-10-7-21(8-11-23)24-12-9-22(17-30(24)16-19-4-2-1-3-5-19)27(31)29-15-20-6-13-25-26(14-20)33-18-32-25/h1-8,10-11,13-14,22,24H,9,12,15-18H2,(H,29,31). The number of carbonyl (C=O) groups is 1. The number of ether oxygens (including phenoxy) is 2. The predicted molar refractivity (Wildman–Crippen MR) is 123 cm³/mol. The van der Waals surface area contributed by atoms with Gasteiger partial charge in [0.05, 0.1) is 5.92 Å². The quantitative estimate of drug-likeness (QED) is 0.590. The normalized spacial score (nSPS) is 19.9. The lowest BCUT2D eigenvalue weighted by Gasteiger charge is -2.39. The minimum Gasteiger partial charge on any atom is -0.454 e. The lowest BCUT2D eigenvalue weighted by molar-refractivity contribution is -0.127. The highest BCUT2D eigenvalue weighted by Gasteiger charge is 2.33. The van der Waals surface area contributed by atoms with Crippen molar-refractivity contribution in [2.75, 3.05) is 13.3 Å². The summed E-state index contributed by atoms with van der Waals surface area (Å²) in [4.78, 5) is 15.4. The van der Waals surface area contributed by atoms with Crippen LogP contribution in [-0.4, -0.2) is 24.1 Å². The molecule has 2 heterocycles. The molecular formula is C27H27FN2O3. The van der Waals surface area contributed by atoms with Gasteiger partial charge in [0.25, 0.3) is 0 Å². The van der Waals surface area contributed by atoms with Gasteiger partial charge in [0.15, 0.2) is 11.5 Å². The Kier molecular flexibility index (Phi) is 6.26. The Morgan fingerprint density at radius 2 is 1.73 bits per heavy atom. The maximum atomic E-state index is 13.5. The average Bonchev–Trinajstić information content (AvgIpc) is 3.32. The van der Waals surface area contributed by atoms with E-state index in [0.717, 1.165) is 42.0 Å². The van der Waals surface area contributed by atoms with Gasteiger partial charge in [-0.3, -0.25) is 9.69 Å². The first-order valence-electron chi connectivity index (χ1n) is 11.4. The fraction of sp³-hybridized carbons (Fsp3) is 0.296. The smallest absolute Gasteiger partial charge is 0.231 e. The number of fused-ring (bicyclic) bond motifs is 1. The third kappa shape index (κ3) is 5.01. The van der Waals surface area contributed by atoms with Crippen molar-refractivity contribution in [1.82, 2.24) is 10.2 Å². The van der Waals surface area contributed by atoms with E-state index >= 15 is 0 Å². The van der Waals surface area contributed by atoms with Crippen LogP contribution in [-0.2, 0) is 17.9 Å². The van der Waals surface area contributed by atoms with E-state index in [1.807, 2.05) is 48.5 Å². The molecule has 6 heteroatoms. The van der Waals surface area contributed by atoms with E-state index in [1.54, 1.807) is 0 Å². The molecule has 0 spiro atoms. The zero-order chi connectivity index (χ0) is 22.6. The maximum absolute atomic E-state index is 13.5. The van der Waals surface area contributed by atoms with Crippen LogP contribution in [0.4, 0.5) is 4.39 Å². The number of benzene rings is 3. The Morgan fingerprint density at radius 3 is 2.55 bits per heavy atom. The number of piperidine rings is 1. The van der Waals surface area contributed by atoms with Gasteiger partial charge in [-0.05, 0) is 53.8 Å². The van der Waals surface area contributed by atoms with Crippen molar-refractivity contribution in [2.24, 2.45) is 5.92 Å². The molecule has 3 aromatic carbocycles. The van der Waals surface area contributed by atoms with Crippen LogP contribution in [0.5, 0.6) is 11.5 Å². The van der Waals surface area contributed by atoms with E-state index in [1.165, 1.54) is 17.7 Å². The Labute approximate surface area is 193 Å². The number of hydrogen-bond donors (Lipinski definition) is 1. The van der Waals surface area contributed by atoms with Crippen molar-refractivity contribution >= 4 is 5.91 Å². The molecular weight excluding hydrogens is 419 g/mol. The topological polar surface area (TPSA) is 50.8 Å². The molecule has 5 nitrogen and oxygen atoms in total. The first-order valence-corrected chi connectivity index (χ1v) is 11.4. The number of likely N-dealkylation sites (tertiary alicyclic amines) is 1. The van der Waals surface area contributed by atoms with E-state index in [2.05, 4.69) is 22.3 Å². The molecule has 1 fully saturated rings. The van der Waals surface area contributed by atoms with E-state index in [9.17, 15) is 9.18 Å². The summed E-state index contributed by atoms with van der Waals surface area (Å²) in [5.41, 5.74) is 3.27. The number of carbonyl (C=O) groups excluding carboxylic acids is 1. The van der Waals surface area contributed by atoms with E-state index in [-0.39, 0.29) is 30.5 Å². The minimum absolute atomic E-state index is 0.0586. The van der Waals surface area contributed by atoms with Gasteiger partial charge in [-0.15, -0.1) is 0 Å². The van der Waals surface area contributed by atoms with Gasteiger partial charge in [0.2, 0.25) is 12.7 Å². The molecule has 2 atom stereocenters. The summed E-state index contributed by atoms with van der Waals surface area (Å²) in [5, 5.41) is 3.09. The average molecular weight is 447 g/mol. The largest absolute Gasteiger partial charge is 0.454 e. The van der Waals surface area contributed by atoms with Crippen LogP contribution in [0.15, 0.2) is 72.8 Å². The van der Waals surface area contributed by atoms with Crippen LogP contribution in [0.1, 0.15) is 35.6 Å². The highest BCUT2D eigenvalue weighted by molar-refractivity contribution is 5.79. The molecule has 0 saturated carbocycles. The van der Waals surface area contributed by atoms with Crippen molar-refractivity contribution in [3.8, 4) is 11.5 Å². The Hall–Kier alpha value is -3.38. The first kappa shape index (κ1) is 21.5. The summed E-state index contributed by atoms with van der Waals surface area (Å²) in [5.74, 6) is 1.18. The van der Waals surface area contributed by atoms with Gasteiger partial charge in [0.1, 0.15) is 5.82 Å². The lowest BCUT2D eigenvalue weighted by Crippen LogP contribution is -2.44. The van der Waals surface area contributed by atoms with Gasteiger partial charge >= 0.3 is 0 Å². The van der Waals surface area contributed by atoms with Crippen LogP contribution < -0.4 is 14.8 Å². The molecule has 0 aromatic heterocycles. The molecule has 2 aliphatic rings. The SMILES string of the molecule is O=C(NCc1ccc2c(c1)OCO2)C1CCC(c2ccc(F)cc2)N(Cc2ccccc2)C1. The molecule has 170 valence electrons. The highest BCUT2D eigenvalue weighted by Crippen LogP contribution is 2.35. The van der Waals surface area contributed by atoms with Crippen molar-refractivity contribution in [3.05, 3.63) is 95.3 Å². The first-order chi connectivity index (χ1) is 16.2. The van der Waals surface area contributed by atoms with Crippen LogP contribution >= 0.6 is 0 Å². The molecule has 1 N–H and O–H groups in total. The summed E-state index contributed by atoms with van der Waals surface area (Å²) >= 11 is 0. The number of amides is 1. The number of rotatable bonds is 6. The monoisotopic (exact) mass is 446 g/mol. The number of halogens is 1. The molecule has 5 rings (SSSR count). The summed E-state index contributed by atoms with van der Waals surface area (Å²) in [6.45, 7) is 2.09. The molecule has 3 aromatic rings. The van der Waals surface area contributed by atoms with Gasteiger partial charge in [-0.2, -0.15) is 0 Å². The molecule has 0 radical (unpaired) electrons. The number of nitrogens with one attached hydrogen (secondary N) is 1. The number of nitrogens with zero attached hydrogens (tertiary/aromatic N) is 1. The Bertz CT molecular complexity index is 1100. The molecule has 2 unspecified atom stereocenters.